The van der Waals surface area contributed by atoms with E-state index in [0.717, 1.165) is 21.2 Å². The van der Waals surface area contributed by atoms with E-state index in [9.17, 15) is 4.79 Å². The lowest BCUT2D eigenvalue weighted by molar-refractivity contribution is 0.136. The number of rotatable bonds is 5. The van der Waals surface area contributed by atoms with E-state index in [2.05, 4.69) is 26.4 Å². The Morgan fingerprint density at radius 1 is 1.19 bits per heavy atom. The summed E-state index contributed by atoms with van der Waals surface area (Å²) in [6, 6.07) is 17.3. The van der Waals surface area contributed by atoms with Crippen LogP contribution in [0, 0.1) is 6.92 Å². The quantitative estimate of drug-likeness (QED) is 0.606. The number of halogens is 1. The molecule has 2 aromatic carbocycles. The Bertz CT molecular complexity index is 876. The van der Waals surface area contributed by atoms with Crippen molar-refractivity contribution in [1.82, 2.24) is 10.5 Å². The van der Waals surface area contributed by atoms with Crippen LogP contribution >= 0.6 is 15.9 Å². The molecule has 134 valence electrons. The summed E-state index contributed by atoms with van der Waals surface area (Å²) in [5.74, 6) is 0.610. The molecule has 0 unspecified atom stereocenters. The van der Waals surface area contributed by atoms with Gasteiger partial charge in [0.15, 0.2) is 5.76 Å². The van der Waals surface area contributed by atoms with Crippen LogP contribution in [0.1, 0.15) is 29.8 Å². The monoisotopic (exact) mass is 414 g/mol. The molecule has 0 radical (unpaired) electrons. The first-order valence-corrected chi connectivity index (χ1v) is 9.03. The Morgan fingerprint density at radius 2 is 1.88 bits per heavy atom. The third kappa shape index (κ3) is 4.32. The smallest absolute Gasteiger partial charge is 0.407 e. The highest BCUT2D eigenvalue weighted by Gasteiger charge is 2.17. The molecule has 1 N–H and O–H groups in total. The van der Waals surface area contributed by atoms with Gasteiger partial charge in [-0.15, -0.1) is 0 Å². The average molecular weight is 415 g/mol. The number of aryl methyl sites for hydroxylation is 1. The molecular weight excluding hydrogens is 396 g/mol. The molecule has 6 heteroatoms. The zero-order valence-corrected chi connectivity index (χ0v) is 16.1. The lowest BCUT2D eigenvalue weighted by Crippen LogP contribution is -2.27. The number of nitrogens with one attached hydrogen (secondary N) is 1. The molecule has 0 saturated carbocycles. The molecule has 1 heterocycles. The van der Waals surface area contributed by atoms with Gasteiger partial charge in [0.25, 0.3) is 0 Å². The predicted molar refractivity (Wildman–Crippen MR) is 103 cm³/mol. The summed E-state index contributed by atoms with van der Waals surface area (Å²) in [5, 5.41) is 6.83. The van der Waals surface area contributed by atoms with E-state index in [1.54, 1.807) is 0 Å². The summed E-state index contributed by atoms with van der Waals surface area (Å²) < 4.78 is 11.8. The third-order valence-corrected chi connectivity index (χ3v) is 4.60. The first-order chi connectivity index (χ1) is 12.5. The van der Waals surface area contributed by atoms with E-state index in [1.807, 2.05) is 68.4 Å². The van der Waals surface area contributed by atoms with E-state index in [1.165, 1.54) is 0 Å². The van der Waals surface area contributed by atoms with Gasteiger partial charge in [-0.05, 0) is 31.5 Å². The number of benzene rings is 2. The topological polar surface area (TPSA) is 64.4 Å². The highest BCUT2D eigenvalue weighted by atomic mass is 79.9. The van der Waals surface area contributed by atoms with Crippen molar-refractivity contribution in [2.45, 2.75) is 26.5 Å². The Morgan fingerprint density at radius 3 is 2.58 bits per heavy atom. The Hall–Kier alpha value is -2.60. The van der Waals surface area contributed by atoms with Gasteiger partial charge in [0.05, 0.1) is 17.3 Å². The molecule has 26 heavy (non-hydrogen) atoms. The van der Waals surface area contributed by atoms with Crippen molar-refractivity contribution in [3.63, 3.8) is 0 Å². The van der Waals surface area contributed by atoms with Crippen LogP contribution in [-0.2, 0) is 11.3 Å². The zero-order chi connectivity index (χ0) is 18.5. The number of amides is 1. The molecule has 0 spiro atoms. The lowest BCUT2D eigenvalue weighted by atomic mass is 10.1. The molecule has 1 aromatic heterocycles. The van der Waals surface area contributed by atoms with Crippen molar-refractivity contribution < 1.29 is 14.1 Å². The third-order valence-electron chi connectivity index (χ3n) is 4.07. The molecule has 0 aliphatic heterocycles. The molecule has 3 aromatic rings. The minimum atomic E-state index is -0.483. The Balaban J connectivity index is 1.65. The van der Waals surface area contributed by atoms with Gasteiger partial charge in [0.2, 0.25) is 0 Å². The van der Waals surface area contributed by atoms with Gasteiger partial charge in [-0.3, -0.25) is 0 Å². The Labute approximate surface area is 160 Å². The summed E-state index contributed by atoms with van der Waals surface area (Å²) in [6.07, 6.45) is -0.483. The zero-order valence-electron chi connectivity index (χ0n) is 14.5. The number of carbonyl (C=O) groups is 1. The molecule has 0 aliphatic carbocycles. The molecule has 0 fully saturated rings. The van der Waals surface area contributed by atoms with Gasteiger partial charge < -0.3 is 14.6 Å². The van der Waals surface area contributed by atoms with Crippen LogP contribution in [0.4, 0.5) is 4.79 Å². The fourth-order valence-corrected chi connectivity index (χ4v) is 2.83. The summed E-state index contributed by atoms with van der Waals surface area (Å²) in [6.45, 7) is 3.83. The van der Waals surface area contributed by atoms with Gasteiger partial charge in [-0.1, -0.05) is 63.6 Å². The second kappa shape index (κ2) is 8.19. The maximum atomic E-state index is 12.1. The normalized spacial score (nSPS) is 11.8. The fraction of sp³-hybridized carbons (Fsp3) is 0.200. The minimum Gasteiger partial charge on any atom is -0.444 e. The van der Waals surface area contributed by atoms with Crippen molar-refractivity contribution in [2.24, 2.45) is 0 Å². The molecule has 0 bridgehead atoms. The van der Waals surface area contributed by atoms with Crippen LogP contribution < -0.4 is 5.32 Å². The van der Waals surface area contributed by atoms with Crippen LogP contribution in [0.3, 0.4) is 0 Å². The second-order valence-corrected chi connectivity index (χ2v) is 6.85. The summed E-state index contributed by atoms with van der Waals surface area (Å²) in [5.41, 5.74) is 3.35. The number of hydrogen-bond acceptors (Lipinski definition) is 4. The van der Waals surface area contributed by atoms with Crippen LogP contribution in [0.2, 0.25) is 0 Å². The van der Waals surface area contributed by atoms with Gasteiger partial charge in [-0.25, -0.2) is 4.79 Å². The van der Waals surface area contributed by atoms with Gasteiger partial charge in [0.1, 0.15) is 6.61 Å². The largest absolute Gasteiger partial charge is 0.444 e. The number of aromatic nitrogens is 1. The van der Waals surface area contributed by atoms with Crippen molar-refractivity contribution in [3.8, 4) is 11.3 Å². The molecule has 1 atom stereocenters. The Kier molecular flexibility index (Phi) is 5.73. The first kappa shape index (κ1) is 18.2. The van der Waals surface area contributed by atoms with Crippen molar-refractivity contribution in [3.05, 3.63) is 75.9 Å². The van der Waals surface area contributed by atoms with E-state index in [-0.39, 0.29) is 12.6 Å². The van der Waals surface area contributed by atoms with Crippen LogP contribution in [0.5, 0.6) is 0 Å². The van der Waals surface area contributed by atoms with Gasteiger partial charge >= 0.3 is 6.09 Å². The maximum absolute atomic E-state index is 12.1. The number of nitrogens with zero attached hydrogens (tertiary/aromatic N) is 1. The standard InChI is InChI=1S/C20H19BrN2O3/c1-13(15-6-4-3-5-7-15)22-20(24)25-12-18-14(2)23-26-19(18)16-8-10-17(21)11-9-16/h3-11,13H,12H2,1-2H3,(H,22,24)/t13-/m1/s1. The highest BCUT2D eigenvalue weighted by Crippen LogP contribution is 2.28. The van der Waals surface area contributed by atoms with E-state index < -0.39 is 6.09 Å². The molecule has 0 saturated heterocycles. The van der Waals surface area contributed by atoms with Crippen LogP contribution in [0.15, 0.2) is 63.6 Å². The van der Waals surface area contributed by atoms with E-state index in [0.29, 0.717) is 11.5 Å². The average Bonchev–Trinajstić information content (AvgIpc) is 3.02. The van der Waals surface area contributed by atoms with Crippen LogP contribution in [0.25, 0.3) is 11.3 Å². The first-order valence-electron chi connectivity index (χ1n) is 8.24. The predicted octanol–water partition coefficient (Wildman–Crippen LogP) is 5.40. The minimum absolute atomic E-state index is 0.0913. The number of carbonyl (C=O) groups excluding carboxylic acids is 1. The highest BCUT2D eigenvalue weighted by molar-refractivity contribution is 9.10. The van der Waals surface area contributed by atoms with Gasteiger partial charge in [-0.2, -0.15) is 0 Å². The fourth-order valence-electron chi connectivity index (χ4n) is 2.57. The van der Waals surface area contributed by atoms with E-state index >= 15 is 0 Å². The molecular formula is C20H19BrN2O3. The number of alkyl carbamates (subject to hydrolysis) is 1. The summed E-state index contributed by atoms with van der Waals surface area (Å²) in [4.78, 5) is 12.1. The van der Waals surface area contributed by atoms with Crippen LogP contribution in [-0.4, -0.2) is 11.2 Å². The lowest BCUT2D eigenvalue weighted by Gasteiger charge is -2.14. The maximum Gasteiger partial charge on any atom is 0.407 e. The van der Waals surface area contributed by atoms with Crippen molar-refractivity contribution >= 4 is 22.0 Å². The SMILES string of the molecule is Cc1noc(-c2ccc(Br)cc2)c1COC(=O)N[C@H](C)c1ccccc1. The molecule has 5 nitrogen and oxygen atoms in total. The number of hydrogen-bond donors (Lipinski definition) is 1. The molecule has 3 rings (SSSR count). The number of ether oxygens (including phenoxy) is 1. The summed E-state index contributed by atoms with van der Waals surface area (Å²) in [7, 11) is 0. The molecule has 0 aliphatic rings. The van der Waals surface area contributed by atoms with E-state index in [4.69, 9.17) is 9.26 Å². The van der Waals surface area contributed by atoms with Crippen molar-refractivity contribution in [2.75, 3.05) is 0 Å². The second-order valence-electron chi connectivity index (χ2n) is 5.94. The molecule has 1 amide bonds. The summed E-state index contributed by atoms with van der Waals surface area (Å²) >= 11 is 3.41. The van der Waals surface area contributed by atoms with Crippen molar-refractivity contribution in [1.29, 1.82) is 0 Å². The van der Waals surface area contributed by atoms with Gasteiger partial charge in [0, 0.05) is 10.0 Å².